The van der Waals surface area contributed by atoms with E-state index >= 15 is 0 Å². The van der Waals surface area contributed by atoms with Crippen LogP contribution in [0.15, 0.2) is 27.9 Å². The topological polar surface area (TPSA) is 102 Å². The van der Waals surface area contributed by atoms with Crippen LogP contribution >= 0.6 is 15.9 Å². The van der Waals surface area contributed by atoms with Gasteiger partial charge in [-0.15, -0.1) is 0 Å². The summed E-state index contributed by atoms with van der Waals surface area (Å²) in [6.45, 7) is 0. The average Bonchev–Trinajstić information content (AvgIpc) is 2.48. The first-order valence-electron chi connectivity index (χ1n) is 5.24. The number of ether oxygens (including phenoxy) is 2. The molecule has 0 fully saturated rings. The van der Waals surface area contributed by atoms with Crippen molar-refractivity contribution in [3.8, 4) is 29.7 Å². The molecular weight excluding hydrogens is 324 g/mol. The molecule has 1 rings (SSSR count). The van der Waals surface area contributed by atoms with Crippen LogP contribution in [0.3, 0.4) is 0 Å². The summed E-state index contributed by atoms with van der Waals surface area (Å²) >= 11 is 3.31. The molecule has 20 heavy (non-hydrogen) atoms. The molecule has 100 valence electrons. The Morgan fingerprint density at radius 2 is 1.60 bits per heavy atom. The van der Waals surface area contributed by atoms with E-state index in [4.69, 9.17) is 25.3 Å². The highest BCUT2D eigenvalue weighted by molar-refractivity contribution is 9.10. The molecule has 0 radical (unpaired) electrons. The molecule has 0 aliphatic heterocycles. The summed E-state index contributed by atoms with van der Waals surface area (Å²) in [5.41, 5.74) is 0.0410. The number of nitrogens with zero attached hydrogens (tertiary/aromatic N) is 3. The standard InChI is InChI=1S/C13H9BrN4O2/c1-19-12-3-9(14)10(4-13(12)20-2)18-11(7-17)8(5-15)6-16/h3-4,18H,1-2H3. The molecule has 0 saturated carbocycles. The number of allylic oxidation sites excluding steroid dienone is 2. The summed E-state index contributed by atoms with van der Waals surface area (Å²) in [6.07, 6.45) is 0. The molecule has 1 aromatic carbocycles. The fourth-order valence-corrected chi connectivity index (χ4v) is 1.79. The Hall–Kier alpha value is -2.69. The third-order valence-corrected chi connectivity index (χ3v) is 2.97. The van der Waals surface area contributed by atoms with Crippen molar-refractivity contribution in [3.63, 3.8) is 0 Å². The number of methoxy groups -OCH3 is 2. The second-order valence-corrected chi connectivity index (χ2v) is 4.25. The number of benzene rings is 1. The Labute approximate surface area is 124 Å². The second kappa shape index (κ2) is 7.04. The zero-order valence-corrected chi connectivity index (χ0v) is 12.3. The van der Waals surface area contributed by atoms with Crippen LogP contribution in [0, 0.1) is 34.0 Å². The predicted octanol–water partition coefficient (Wildman–Crippen LogP) is 2.70. The van der Waals surface area contributed by atoms with Gasteiger partial charge >= 0.3 is 0 Å². The molecule has 0 heterocycles. The van der Waals surface area contributed by atoms with E-state index in [0.29, 0.717) is 21.7 Å². The van der Waals surface area contributed by atoms with Crippen LogP contribution in [-0.4, -0.2) is 14.2 Å². The number of halogens is 1. The maximum Gasteiger partial charge on any atom is 0.163 e. The third kappa shape index (κ3) is 3.20. The molecule has 0 saturated heterocycles. The van der Waals surface area contributed by atoms with Crippen molar-refractivity contribution in [1.82, 2.24) is 0 Å². The van der Waals surface area contributed by atoms with Gasteiger partial charge in [0.1, 0.15) is 23.9 Å². The minimum absolute atomic E-state index is 0.136. The lowest BCUT2D eigenvalue weighted by Gasteiger charge is -2.12. The second-order valence-electron chi connectivity index (χ2n) is 3.40. The quantitative estimate of drug-likeness (QED) is 0.850. The van der Waals surface area contributed by atoms with E-state index < -0.39 is 0 Å². The van der Waals surface area contributed by atoms with E-state index in [1.165, 1.54) is 14.2 Å². The molecule has 0 bridgehead atoms. The van der Waals surface area contributed by atoms with Gasteiger partial charge in [-0.25, -0.2) is 0 Å². The molecule has 0 aliphatic carbocycles. The van der Waals surface area contributed by atoms with Crippen molar-refractivity contribution in [3.05, 3.63) is 27.9 Å². The Bertz CT molecular complexity index is 661. The number of rotatable bonds is 4. The van der Waals surface area contributed by atoms with Gasteiger partial charge in [0.15, 0.2) is 17.1 Å². The van der Waals surface area contributed by atoms with Crippen LogP contribution in [-0.2, 0) is 0 Å². The molecule has 6 nitrogen and oxygen atoms in total. The summed E-state index contributed by atoms with van der Waals surface area (Å²) in [5, 5.41) is 29.3. The summed E-state index contributed by atoms with van der Waals surface area (Å²) in [5.74, 6) is 0.958. The number of hydrogen-bond acceptors (Lipinski definition) is 6. The van der Waals surface area contributed by atoms with Crippen molar-refractivity contribution in [2.24, 2.45) is 0 Å². The Morgan fingerprint density at radius 3 is 2.05 bits per heavy atom. The summed E-state index contributed by atoms with van der Waals surface area (Å²) in [7, 11) is 2.98. The Kier molecular flexibility index (Phi) is 5.41. The van der Waals surface area contributed by atoms with Gasteiger partial charge in [0.05, 0.1) is 19.9 Å². The van der Waals surface area contributed by atoms with E-state index in [1.54, 1.807) is 30.3 Å². The maximum absolute atomic E-state index is 8.99. The number of anilines is 1. The van der Waals surface area contributed by atoms with E-state index in [9.17, 15) is 0 Å². The largest absolute Gasteiger partial charge is 0.493 e. The molecule has 0 atom stereocenters. The van der Waals surface area contributed by atoms with Crippen molar-refractivity contribution in [2.45, 2.75) is 0 Å². The molecule has 0 spiro atoms. The number of nitriles is 3. The molecule has 0 aliphatic rings. The lowest BCUT2D eigenvalue weighted by Crippen LogP contribution is -2.02. The number of nitrogens with one attached hydrogen (secondary N) is 1. The van der Waals surface area contributed by atoms with Crippen LogP contribution < -0.4 is 14.8 Å². The van der Waals surface area contributed by atoms with Gasteiger partial charge < -0.3 is 14.8 Å². The van der Waals surface area contributed by atoms with Gasteiger partial charge in [0.2, 0.25) is 0 Å². The Balaban J connectivity index is 3.30. The smallest absolute Gasteiger partial charge is 0.163 e. The fraction of sp³-hybridized carbons (Fsp3) is 0.154. The van der Waals surface area contributed by atoms with Crippen LogP contribution in [0.2, 0.25) is 0 Å². The van der Waals surface area contributed by atoms with Gasteiger partial charge in [-0.05, 0) is 15.9 Å². The molecule has 7 heteroatoms. The summed E-state index contributed by atoms with van der Waals surface area (Å²) in [6, 6.07) is 8.33. The third-order valence-electron chi connectivity index (χ3n) is 2.32. The normalized spacial score (nSPS) is 8.60. The highest BCUT2D eigenvalue weighted by Crippen LogP contribution is 2.36. The monoisotopic (exact) mass is 332 g/mol. The zero-order valence-electron chi connectivity index (χ0n) is 10.7. The lowest BCUT2D eigenvalue weighted by atomic mass is 10.2. The molecule has 1 aromatic rings. The zero-order chi connectivity index (χ0) is 15.1. The van der Waals surface area contributed by atoms with Crippen LogP contribution in [0.1, 0.15) is 0 Å². The van der Waals surface area contributed by atoms with E-state index in [-0.39, 0.29) is 11.3 Å². The molecule has 0 unspecified atom stereocenters. The van der Waals surface area contributed by atoms with Gasteiger partial charge in [0.25, 0.3) is 0 Å². The van der Waals surface area contributed by atoms with E-state index in [1.807, 2.05) is 0 Å². The van der Waals surface area contributed by atoms with Crippen LogP contribution in [0.4, 0.5) is 5.69 Å². The molecular formula is C13H9BrN4O2. The van der Waals surface area contributed by atoms with Crippen LogP contribution in [0.25, 0.3) is 0 Å². The van der Waals surface area contributed by atoms with E-state index in [0.717, 1.165) is 0 Å². The minimum Gasteiger partial charge on any atom is -0.493 e. The van der Waals surface area contributed by atoms with Crippen molar-refractivity contribution in [2.75, 3.05) is 19.5 Å². The Morgan fingerprint density at radius 1 is 1.05 bits per heavy atom. The van der Waals surface area contributed by atoms with E-state index in [2.05, 4.69) is 21.2 Å². The van der Waals surface area contributed by atoms with Gasteiger partial charge in [-0.3, -0.25) is 0 Å². The maximum atomic E-state index is 8.99. The lowest BCUT2D eigenvalue weighted by molar-refractivity contribution is 0.355. The number of hydrogen-bond donors (Lipinski definition) is 1. The molecule has 1 N–H and O–H groups in total. The highest BCUT2D eigenvalue weighted by Gasteiger charge is 2.12. The van der Waals surface area contributed by atoms with Gasteiger partial charge in [0, 0.05) is 16.6 Å². The molecule has 0 amide bonds. The first kappa shape index (κ1) is 15.4. The average molecular weight is 333 g/mol. The summed E-state index contributed by atoms with van der Waals surface area (Å²) < 4.78 is 10.9. The highest BCUT2D eigenvalue weighted by atomic mass is 79.9. The van der Waals surface area contributed by atoms with Crippen molar-refractivity contribution >= 4 is 21.6 Å². The first-order chi connectivity index (χ1) is 9.60. The SMILES string of the molecule is COc1cc(Br)c(NC(C#N)=C(C#N)C#N)cc1OC. The molecule has 0 aromatic heterocycles. The van der Waals surface area contributed by atoms with Gasteiger partial charge in [-0.2, -0.15) is 15.8 Å². The fourth-order valence-electron chi connectivity index (χ4n) is 1.37. The van der Waals surface area contributed by atoms with Crippen molar-refractivity contribution < 1.29 is 9.47 Å². The summed E-state index contributed by atoms with van der Waals surface area (Å²) in [4.78, 5) is 0. The predicted molar refractivity (Wildman–Crippen MR) is 74.7 cm³/mol. The van der Waals surface area contributed by atoms with Crippen molar-refractivity contribution in [1.29, 1.82) is 15.8 Å². The van der Waals surface area contributed by atoms with Gasteiger partial charge in [-0.1, -0.05) is 0 Å². The van der Waals surface area contributed by atoms with Crippen LogP contribution in [0.5, 0.6) is 11.5 Å². The first-order valence-corrected chi connectivity index (χ1v) is 6.03. The minimum atomic E-state index is -0.297.